The maximum atomic E-state index is 11.7. The number of aromatic nitrogens is 1. The van der Waals surface area contributed by atoms with E-state index in [1.165, 1.54) is 0 Å². The molecule has 2 aliphatic carbocycles. The minimum absolute atomic E-state index is 0.0517. The molecule has 0 aromatic carbocycles. The van der Waals surface area contributed by atoms with Gasteiger partial charge in [0.15, 0.2) is 0 Å². The van der Waals surface area contributed by atoms with Crippen LogP contribution in [0.25, 0.3) is 0 Å². The minimum Gasteiger partial charge on any atom is -0.392 e. The van der Waals surface area contributed by atoms with E-state index >= 15 is 0 Å². The highest BCUT2D eigenvalue weighted by Gasteiger charge is 2.51. The zero-order valence-electron chi connectivity index (χ0n) is 12.6. The molecule has 1 heterocycles. The van der Waals surface area contributed by atoms with Gasteiger partial charge in [-0.3, -0.25) is 9.69 Å². The number of aliphatic hydroxyl groups excluding tert-OH is 1. The Labute approximate surface area is 124 Å². The van der Waals surface area contributed by atoms with Gasteiger partial charge in [-0.2, -0.15) is 0 Å². The predicted molar refractivity (Wildman–Crippen MR) is 83.1 cm³/mol. The number of rotatable bonds is 3. The van der Waals surface area contributed by atoms with Crippen LogP contribution in [0.15, 0.2) is 41.2 Å². The van der Waals surface area contributed by atoms with E-state index in [2.05, 4.69) is 36.6 Å². The molecule has 0 aliphatic heterocycles. The number of fused-ring (bicyclic) bond motifs is 4. The maximum Gasteiger partial charge on any atom is 0.248 e. The summed E-state index contributed by atoms with van der Waals surface area (Å²) in [4.78, 5) is 16.9. The normalized spacial score (nSPS) is 30.8. The van der Waals surface area contributed by atoms with E-state index in [1.807, 2.05) is 12.1 Å². The average molecular weight is 286 g/mol. The van der Waals surface area contributed by atoms with Gasteiger partial charge in [0.25, 0.3) is 0 Å². The summed E-state index contributed by atoms with van der Waals surface area (Å²) < 4.78 is 0. The van der Waals surface area contributed by atoms with Gasteiger partial charge in [0.2, 0.25) is 5.56 Å². The van der Waals surface area contributed by atoms with Crippen LogP contribution in [-0.2, 0) is 12.0 Å². The number of hydrogen-bond donors (Lipinski definition) is 2. The molecule has 4 nitrogen and oxygen atoms in total. The van der Waals surface area contributed by atoms with Crippen LogP contribution in [0.2, 0.25) is 0 Å². The number of allylic oxidation sites excluding steroid dienone is 1. The largest absolute Gasteiger partial charge is 0.392 e. The molecule has 0 saturated carbocycles. The number of aromatic amines is 1. The Morgan fingerprint density at radius 2 is 2.29 bits per heavy atom. The number of pyridine rings is 1. The van der Waals surface area contributed by atoms with Gasteiger partial charge in [-0.1, -0.05) is 12.2 Å². The predicted octanol–water partition coefficient (Wildman–Crippen LogP) is 1.43. The zero-order valence-corrected chi connectivity index (χ0v) is 12.6. The molecule has 0 radical (unpaired) electrons. The summed E-state index contributed by atoms with van der Waals surface area (Å²) in [5.41, 5.74) is 2.96. The molecule has 1 aromatic rings. The van der Waals surface area contributed by atoms with Gasteiger partial charge in [0, 0.05) is 17.7 Å². The second-order valence-corrected chi connectivity index (χ2v) is 6.32. The van der Waals surface area contributed by atoms with Gasteiger partial charge < -0.3 is 10.1 Å². The second kappa shape index (κ2) is 4.97. The molecule has 2 bridgehead atoms. The molecule has 0 amide bonds. The van der Waals surface area contributed by atoms with Gasteiger partial charge in [-0.25, -0.2) is 0 Å². The summed E-state index contributed by atoms with van der Waals surface area (Å²) in [6.07, 6.45) is 5.76. The van der Waals surface area contributed by atoms with E-state index in [4.69, 9.17) is 0 Å². The van der Waals surface area contributed by atoms with E-state index in [1.54, 1.807) is 6.07 Å². The highest BCUT2D eigenvalue weighted by atomic mass is 16.3. The van der Waals surface area contributed by atoms with E-state index in [9.17, 15) is 9.90 Å². The van der Waals surface area contributed by atoms with E-state index in [0.29, 0.717) is 0 Å². The lowest BCUT2D eigenvalue weighted by atomic mass is 9.59. The van der Waals surface area contributed by atoms with Crippen molar-refractivity contribution < 1.29 is 5.11 Å². The molecular formula is C17H22N2O2. The van der Waals surface area contributed by atoms with Crippen molar-refractivity contribution in [2.24, 2.45) is 11.8 Å². The molecule has 0 fully saturated rings. The Bertz CT molecular complexity index is 659. The lowest BCUT2D eigenvalue weighted by Gasteiger charge is -2.54. The molecule has 3 atom stereocenters. The molecule has 2 aliphatic rings. The van der Waals surface area contributed by atoms with Crippen molar-refractivity contribution in [3.63, 3.8) is 0 Å². The summed E-state index contributed by atoms with van der Waals surface area (Å²) in [5.74, 6) is 0.549. The fraction of sp³-hybridized carbons (Fsp3) is 0.471. The van der Waals surface area contributed by atoms with Crippen LogP contribution in [0.3, 0.4) is 0 Å². The first-order chi connectivity index (χ1) is 10.0. The number of nitrogens with one attached hydrogen (secondary N) is 1. The van der Waals surface area contributed by atoms with E-state index < -0.39 is 0 Å². The standard InChI is InChI=1S/C17H22N2O2/c1-4-13-12-7-11(10-20)9-17(13,19(2)3)14-5-6-16(21)18-15(14)8-12/h4-7,12-13,20H,1,8-10H2,2-3H3,(H,18,21)/t12-,13+,17+/m0/s1. The highest BCUT2D eigenvalue weighted by molar-refractivity contribution is 5.41. The smallest absolute Gasteiger partial charge is 0.248 e. The summed E-state index contributed by atoms with van der Waals surface area (Å²) in [7, 11) is 4.13. The Hall–Kier alpha value is -1.65. The number of hydrogen-bond acceptors (Lipinski definition) is 3. The Kier molecular flexibility index (Phi) is 3.38. The van der Waals surface area contributed by atoms with Crippen molar-refractivity contribution in [1.29, 1.82) is 0 Å². The van der Waals surface area contributed by atoms with Crippen molar-refractivity contribution in [3.05, 3.63) is 58.0 Å². The topological polar surface area (TPSA) is 56.3 Å². The number of nitrogens with zero attached hydrogens (tertiary/aromatic N) is 1. The lowest BCUT2D eigenvalue weighted by molar-refractivity contribution is 0.0498. The first kappa shape index (κ1) is 14.3. The van der Waals surface area contributed by atoms with Crippen molar-refractivity contribution in [2.45, 2.75) is 18.4 Å². The zero-order chi connectivity index (χ0) is 15.2. The Balaban J connectivity index is 2.28. The maximum absolute atomic E-state index is 11.7. The van der Waals surface area contributed by atoms with E-state index in [-0.39, 0.29) is 29.5 Å². The quantitative estimate of drug-likeness (QED) is 0.827. The van der Waals surface area contributed by atoms with Crippen LogP contribution >= 0.6 is 0 Å². The third-order valence-corrected chi connectivity index (χ3v) is 5.12. The molecule has 3 rings (SSSR count). The van der Waals surface area contributed by atoms with Crippen molar-refractivity contribution in [1.82, 2.24) is 9.88 Å². The van der Waals surface area contributed by atoms with Gasteiger partial charge in [-0.05, 0) is 50.1 Å². The fourth-order valence-electron chi connectivity index (χ4n) is 4.24. The minimum atomic E-state index is -0.239. The average Bonchev–Trinajstić information content (AvgIpc) is 2.45. The molecule has 21 heavy (non-hydrogen) atoms. The van der Waals surface area contributed by atoms with Crippen LogP contribution in [0, 0.1) is 11.8 Å². The molecule has 112 valence electrons. The lowest BCUT2D eigenvalue weighted by Crippen LogP contribution is -2.55. The molecular weight excluding hydrogens is 264 g/mol. The molecule has 0 saturated heterocycles. The van der Waals surface area contributed by atoms with Crippen LogP contribution < -0.4 is 5.56 Å². The number of H-pyrrole nitrogens is 1. The third kappa shape index (κ3) is 1.93. The summed E-state index contributed by atoms with van der Waals surface area (Å²) >= 11 is 0. The molecule has 0 unspecified atom stereocenters. The van der Waals surface area contributed by atoms with E-state index in [0.717, 1.165) is 29.7 Å². The molecule has 0 spiro atoms. The van der Waals surface area contributed by atoms with Gasteiger partial charge in [-0.15, -0.1) is 6.58 Å². The van der Waals surface area contributed by atoms with Crippen molar-refractivity contribution >= 4 is 0 Å². The van der Waals surface area contributed by atoms with Crippen molar-refractivity contribution in [2.75, 3.05) is 20.7 Å². The SMILES string of the molecule is C=C[C@@H]1[C@H]2C=C(CO)C[C@]1(N(C)C)c1ccc(=O)[nH]c1C2. The van der Waals surface area contributed by atoms with Gasteiger partial charge in [0.05, 0.1) is 12.1 Å². The second-order valence-electron chi connectivity index (χ2n) is 6.32. The fourth-order valence-corrected chi connectivity index (χ4v) is 4.24. The monoisotopic (exact) mass is 286 g/mol. The van der Waals surface area contributed by atoms with Crippen molar-refractivity contribution in [3.8, 4) is 0 Å². The molecule has 4 heteroatoms. The first-order valence-corrected chi connectivity index (χ1v) is 7.36. The highest BCUT2D eigenvalue weighted by Crippen LogP contribution is 2.52. The summed E-state index contributed by atoms with van der Waals surface area (Å²) in [6, 6.07) is 3.54. The van der Waals surface area contributed by atoms with Crippen LogP contribution in [0.5, 0.6) is 0 Å². The molecule has 1 aromatic heterocycles. The van der Waals surface area contributed by atoms with Gasteiger partial charge >= 0.3 is 0 Å². The Morgan fingerprint density at radius 1 is 1.52 bits per heavy atom. The first-order valence-electron chi connectivity index (χ1n) is 7.36. The summed E-state index contributed by atoms with van der Waals surface area (Å²) in [6.45, 7) is 4.14. The van der Waals surface area contributed by atoms with Crippen LogP contribution in [0.4, 0.5) is 0 Å². The third-order valence-electron chi connectivity index (χ3n) is 5.12. The Morgan fingerprint density at radius 3 is 2.90 bits per heavy atom. The molecule has 2 N–H and O–H groups in total. The summed E-state index contributed by atoms with van der Waals surface area (Å²) in [5, 5.41) is 9.62. The number of aliphatic hydroxyl groups is 1. The van der Waals surface area contributed by atoms with Crippen LogP contribution in [0.1, 0.15) is 17.7 Å². The van der Waals surface area contributed by atoms with Gasteiger partial charge in [0.1, 0.15) is 0 Å². The van der Waals surface area contributed by atoms with Crippen LogP contribution in [-0.4, -0.2) is 35.7 Å².